The Morgan fingerprint density at radius 1 is 1.27 bits per heavy atom. The molecule has 22 heavy (non-hydrogen) atoms. The monoisotopic (exact) mass is 319 g/mol. The van der Waals surface area contributed by atoms with Gasteiger partial charge in [-0.1, -0.05) is 0 Å². The minimum Gasteiger partial charge on any atom is -0.466 e. The summed E-state index contributed by atoms with van der Waals surface area (Å²) in [4.78, 5) is 13.3. The lowest BCUT2D eigenvalue weighted by Crippen LogP contribution is -2.37. The van der Waals surface area contributed by atoms with Gasteiger partial charge in [-0.3, -0.25) is 4.79 Å². The number of carbonyl (C=O) groups is 1. The number of nitrogens with zero attached hydrogens (tertiary/aromatic N) is 1. The smallest absolute Gasteiger partial charge is 0.416 e. The van der Waals surface area contributed by atoms with Crippen LogP contribution in [-0.2, 0) is 15.7 Å². The molecule has 0 aliphatic carbocycles. The molecule has 1 saturated heterocycles. The van der Waals surface area contributed by atoms with Crippen molar-refractivity contribution >= 4 is 11.7 Å². The Labute approximate surface area is 125 Å². The molecule has 1 fully saturated rings. The second kappa shape index (κ2) is 6.54. The van der Waals surface area contributed by atoms with Crippen LogP contribution in [-0.4, -0.2) is 25.7 Å². The molecule has 0 bridgehead atoms. The molecule has 0 aromatic heterocycles. The van der Waals surface area contributed by atoms with Gasteiger partial charge in [-0.05, 0) is 38.0 Å². The summed E-state index contributed by atoms with van der Waals surface area (Å²) in [7, 11) is 0. The van der Waals surface area contributed by atoms with Crippen molar-refractivity contribution in [1.82, 2.24) is 0 Å². The molecule has 0 N–H and O–H groups in total. The summed E-state index contributed by atoms with van der Waals surface area (Å²) in [5.41, 5.74) is -0.815. The first-order chi connectivity index (χ1) is 10.3. The molecule has 1 aliphatic heterocycles. The molecule has 2 rings (SSSR count). The number of ether oxygens (including phenoxy) is 1. The zero-order chi connectivity index (χ0) is 16.3. The van der Waals surface area contributed by atoms with E-state index < -0.39 is 17.6 Å². The Bertz CT molecular complexity index is 537. The average molecular weight is 319 g/mol. The van der Waals surface area contributed by atoms with Crippen molar-refractivity contribution in [3.8, 4) is 0 Å². The van der Waals surface area contributed by atoms with Gasteiger partial charge >= 0.3 is 12.1 Å². The molecule has 1 aliphatic rings. The highest BCUT2D eigenvalue weighted by Gasteiger charge is 2.32. The van der Waals surface area contributed by atoms with Gasteiger partial charge in [0.2, 0.25) is 0 Å². The Hall–Kier alpha value is -1.79. The molecule has 0 saturated carbocycles. The predicted molar refractivity (Wildman–Crippen MR) is 73.0 cm³/mol. The SMILES string of the molecule is CCOC(=O)C1CCN(c2cc(F)cc(C(F)(F)F)c2)CC1. The van der Waals surface area contributed by atoms with Crippen molar-refractivity contribution in [2.75, 3.05) is 24.6 Å². The summed E-state index contributed by atoms with van der Waals surface area (Å²) >= 11 is 0. The van der Waals surface area contributed by atoms with Crippen molar-refractivity contribution in [2.45, 2.75) is 25.9 Å². The largest absolute Gasteiger partial charge is 0.466 e. The number of alkyl halides is 3. The second-order valence-corrected chi connectivity index (χ2v) is 5.21. The summed E-state index contributed by atoms with van der Waals surface area (Å²) in [6.07, 6.45) is -3.62. The average Bonchev–Trinajstić information content (AvgIpc) is 2.46. The van der Waals surface area contributed by atoms with Crippen LogP contribution in [0.25, 0.3) is 0 Å². The number of halogens is 4. The van der Waals surface area contributed by atoms with E-state index >= 15 is 0 Å². The number of carbonyl (C=O) groups excluding carboxylic acids is 1. The summed E-state index contributed by atoms with van der Waals surface area (Å²) in [5, 5.41) is 0. The van der Waals surface area contributed by atoms with Crippen LogP contribution in [0.2, 0.25) is 0 Å². The van der Waals surface area contributed by atoms with Crippen LogP contribution in [0.5, 0.6) is 0 Å². The summed E-state index contributed by atoms with van der Waals surface area (Å²) in [6, 6.07) is 2.50. The number of piperidine rings is 1. The van der Waals surface area contributed by atoms with E-state index in [1.807, 2.05) is 0 Å². The Balaban J connectivity index is 2.08. The summed E-state index contributed by atoms with van der Waals surface area (Å²) < 4.78 is 56.5. The van der Waals surface area contributed by atoms with Crippen molar-refractivity contribution < 1.29 is 27.1 Å². The predicted octanol–water partition coefficient (Wildman–Crippen LogP) is 3.62. The lowest BCUT2D eigenvalue weighted by atomic mass is 9.96. The first-order valence-electron chi connectivity index (χ1n) is 7.10. The number of hydrogen-bond acceptors (Lipinski definition) is 3. The quantitative estimate of drug-likeness (QED) is 0.629. The normalized spacial score (nSPS) is 16.7. The molecule has 122 valence electrons. The van der Waals surface area contributed by atoms with Crippen molar-refractivity contribution in [2.24, 2.45) is 5.92 Å². The van der Waals surface area contributed by atoms with E-state index in [-0.39, 0.29) is 17.6 Å². The highest BCUT2D eigenvalue weighted by atomic mass is 19.4. The molecule has 0 atom stereocenters. The summed E-state index contributed by atoms with van der Waals surface area (Å²) in [5.74, 6) is -1.44. The molecule has 0 radical (unpaired) electrons. The lowest BCUT2D eigenvalue weighted by molar-refractivity contribution is -0.148. The lowest BCUT2D eigenvalue weighted by Gasteiger charge is -2.33. The molecule has 0 amide bonds. The molecule has 0 spiro atoms. The van der Waals surface area contributed by atoms with E-state index in [9.17, 15) is 22.4 Å². The van der Waals surface area contributed by atoms with Gasteiger partial charge in [0.25, 0.3) is 0 Å². The van der Waals surface area contributed by atoms with Gasteiger partial charge in [0, 0.05) is 18.8 Å². The maximum Gasteiger partial charge on any atom is 0.416 e. The maximum atomic E-state index is 13.4. The number of anilines is 1. The summed E-state index contributed by atoms with van der Waals surface area (Å²) in [6.45, 7) is 2.81. The van der Waals surface area contributed by atoms with Crippen LogP contribution in [0, 0.1) is 11.7 Å². The fourth-order valence-corrected chi connectivity index (χ4v) is 2.55. The van der Waals surface area contributed by atoms with E-state index in [1.54, 1.807) is 11.8 Å². The third kappa shape index (κ3) is 3.90. The number of benzene rings is 1. The van der Waals surface area contributed by atoms with Crippen LogP contribution in [0.4, 0.5) is 23.2 Å². The third-order valence-corrected chi connectivity index (χ3v) is 3.69. The number of rotatable bonds is 3. The minimum atomic E-state index is -4.58. The van der Waals surface area contributed by atoms with Gasteiger partial charge in [-0.15, -0.1) is 0 Å². The Kier molecular flexibility index (Phi) is 4.93. The van der Waals surface area contributed by atoms with Crippen LogP contribution < -0.4 is 4.90 Å². The molecule has 0 unspecified atom stereocenters. The Morgan fingerprint density at radius 3 is 2.45 bits per heavy atom. The first-order valence-corrected chi connectivity index (χ1v) is 7.10. The van der Waals surface area contributed by atoms with Gasteiger partial charge in [0.05, 0.1) is 18.1 Å². The van der Waals surface area contributed by atoms with Gasteiger partial charge < -0.3 is 9.64 Å². The van der Waals surface area contributed by atoms with Gasteiger partial charge in [-0.2, -0.15) is 13.2 Å². The van der Waals surface area contributed by atoms with Gasteiger partial charge in [-0.25, -0.2) is 4.39 Å². The molecule has 3 nitrogen and oxygen atoms in total. The number of hydrogen-bond donors (Lipinski definition) is 0. The molecule has 7 heteroatoms. The Morgan fingerprint density at radius 2 is 1.91 bits per heavy atom. The minimum absolute atomic E-state index is 0.189. The number of esters is 1. The molecule has 1 aromatic carbocycles. The van der Waals surface area contributed by atoms with Crippen molar-refractivity contribution in [1.29, 1.82) is 0 Å². The molecular formula is C15H17F4NO2. The molecular weight excluding hydrogens is 302 g/mol. The maximum absolute atomic E-state index is 13.4. The first kappa shape index (κ1) is 16.6. The van der Waals surface area contributed by atoms with E-state index in [1.165, 1.54) is 0 Å². The highest BCUT2D eigenvalue weighted by Crippen LogP contribution is 2.33. The van der Waals surface area contributed by atoms with Gasteiger partial charge in [0.15, 0.2) is 0 Å². The molecule has 1 aromatic rings. The fraction of sp³-hybridized carbons (Fsp3) is 0.533. The van der Waals surface area contributed by atoms with E-state index in [0.29, 0.717) is 38.6 Å². The van der Waals surface area contributed by atoms with Crippen molar-refractivity contribution in [3.05, 3.63) is 29.6 Å². The third-order valence-electron chi connectivity index (χ3n) is 3.69. The van der Waals surface area contributed by atoms with Crippen LogP contribution >= 0.6 is 0 Å². The highest BCUT2D eigenvalue weighted by molar-refractivity contribution is 5.72. The zero-order valence-electron chi connectivity index (χ0n) is 12.1. The van der Waals surface area contributed by atoms with E-state index in [2.05, 4.69) is 0 Å². The van der Waals surface area contributed by atoms with Crippen LogP contribution in [0.1, 0.15) is 25.3 Å². The van der Waals surface area contributed by atoms with E-state index in [4.69, 9.17) is 4.74 Å². The van der Waals surface area contributed by atoms with Crippen LogP contribution in [0.15, 0.2) is 18.2 Å². The molecule has 1 heterocycles. The van der Waals surface area contributed by atoms with E-state index in [0.717, 1.165) is 12.1 Å². The topological polar surface area (TPSA) is 29.5 Å². The second-order valence-electron chi connectivity index (χ2n) is 5.21. The van der Waals surface area contributed by atoms with Gasteiger partial charge in [0.1, 0.15) is 5.82 Å². The van der Waals surface area contributed by atoms with Crippen LogP contribution in [0.3, 0.4) is 0 Å². The van der Waals surface area contributed by atoms with Crippen molar-refractivity contribution in [3.63, 3.8) is 0 Å². The standard InChI is InChI=1S/C15H17F4NO2/c1-2-22-14(21)10-3-5-20(6-4-10)13-8-11(15(17,18)19)7-12(16)9-13/h7-10H,2-6H2,1H3. The fourth-order valence-electron chi connectivity index (χ4n) is 2.55. The zero-order valence-corrected chi connectivity index (χ0v) is 12.1.